The molecule has 92 valence electrons. The van der Waals surface area contributed by atoms with Crippen molar-refractivity contribution in [1.82, 2.24) is 25.0 Å². The van der Waals surface area contributed by atoms with Gasteiger partial charge in [-0.3, -0.25) is 15.2 Å². The lowest BCUT2D eigenvalue weighted by molar-refractivity contribution is 0.590. The molecule has 0 fully saturated rings. The molecule has 0 aromatic carbocycles. The van der Waals surface area contributed by atoms with Crippen LogP contribution in [0.1, 0.15) is 30.6 Å². The normalized spacial score (nSPS) is 12.9. The van der Waals surface area contributed by atoms with E-state index in [1.807, 2.05) is 36.4 Å². The van der Waals surface area contributed by atoms with Crippen LogP contribution in [0.15, 0.2) is 24.7 Å². The van der Waals surface area contributed by atoms with Crippen molar-refractivity contribution in [3.05, 3.63) is 35.9 Å². The van der Waals surface area contributed by atoms with Gasteiger partial charge in [0.1, 0.15) is 0 Å². The Bertz CT molecular complexity index is 472. The molecular formula is C11H18N6. The van der Waals surface area contributed by atoms with E-state index in [0.29, 0.717) is 0 Å². The van der Waals surface area contributed by atoms with Gasteiger partial charge in [0.25, 0.3) is 0 Å². The molecule has 0 bridgehead atoms. The van der Waals surface area contributed by atoms with Gasteiger partial charge in [0, 0.05) is 31.5 Å². The number of hydrazine groups is 1. The third-order valence-electron chi connectivity index (χ3n) is 2.64. The zero-order valence-corrected chi connectivity index (χ0v) is 10.2. The van der Waals surface area contributed by atoms with E-state index in [1.165, 1.54) is 0 Å². The topological polar surface area (TPSA) is 73.7 Å². The Hall–Kier alpha value is -1.66. The number of nitrogens with two attached hydrogens (primary N) is 1. The van der Waals surface area contributed by atoms with Crippen LogP contribution >= 0.6 is 0 Å². The van der Waals surface area contributed by atoms with Crippen LogP contribution < -0.4 is 11.3 Å². The first-order valence-corrected chi connectivity index (χ1v) is 5.72. The second kappa shape index (κ2) is 5.11. The molecule has 0 aliphatic heterocycles. The first-order chi connectivity index (χ1) is 8.24. The lowest BCUT2D eigenvalue weighted by Gasteiger charge is -2.10. The molecule has 3 N–H and O–H groups in total. The summed E-state index contributed by atoms with van der Waals surface area (Å²) in [5.74, 6) is 5.59. The zero-order chi connectivity index (χ0) is 12.3. The number of hydrogen-bond acceptors (Lipinski definition) is 4. The van der Waals surface area contributed by atoms with Gasteiger partial charge in [-0.25, -0.2) is 5.43 Å². The maximum absolute atomic E-state index is 5.59. The third kappa shape index (κ3) is 2.54. The van der Waals surface area contributed by atoms with Gasteiger partial charge < -0.3 is 0 Å². The van der Waals surface area contributed by atoms with Gasteiger partial charge in [0.05, 0.1) is 17.9 Å². The molecule has 0 aliphatic carbocycles. The summed E-state index contributed by atoms with van der Waals surface area (Å²) in [4.78, 5) is 0. The highest BCUT2D eigenvalue weighted by atomic mass is 15.3. The molecule has 2 rings (SSSR count). The summed E-state index contributed by atoms with van der Waals surface area (Å²) in [5, 5.41) is 8.64. The largest absolute Gasteiger partial charge is 0.275 e. The molecule has 0 amide bonds. The van der Waals surface area contributed by atoms with Crippen LogP contribution in [0, 0.1) is 0 Å². The Morgan fingerprint density at radius 3 is 2.94 bits per heavy atom. The summed E-state index contributed by atoms with van der Waals surface area (Å²) in [5.41, 5.74) is 4.70. The predicted octanol–water partition coefficient (Wildman–Crippen LogP) is 0.579. The highest BCUT2D eigenvalue weighted by Gasteiger charge is 2.16. The molecule has 1 atom stereocenters. The van der Waals surface area contributed by atoms with Crippen LogP contribution in [0.4, 0.5) is 0 Å². The molecule has 0 saturated carbocycles. The fourth-order valence-corrected chi connectivity index (χ4v) is 1.82. The molecule has 2 aromatic heterocycles. The van der Waals surface area contributed by atoms with Crippen molar-refractivity contribution in [2.45, 2.75) is 25.9 Å². The zero-order valence-electron chi connectivity index (χ0n) is 10.2. The van der Waals surface area contributed by atoms with E-state index in [2.05, 4.69) is 22.5 Å². The van der Waals surface area contributed by atoms with E-state index in [9.17, 15) is 0 Å². The molecule has 2 heterocycles. The number of hydrogen-bond donors (Lipinski definition) is 2. The highest BCUT2D eigenvalue weighted by Crippen LogP contribution is 2.18. The van der Waals surface area contributed by atoms with Crippen LogP contribution in [0.25, 0.3) is 0 Å². The molecule has 0 saturated heterocycles. The second-order valence-corrected chi connectivity index (χ2v) is 4.05. The van der Waals surface area contributed by atoms with E-state index in [1.54, 1.807) is 4.68 Å². The van der Waals surface area contributed by atoms with Crippen molar-refractivity contribution >= 4 is 0 Å². The molecule has 0 aliphatic rings. The predicted molar refractivity (Wildman–Crippen MR) is 64.9 cm³/mol. The Balaban J connectivity index is 2.22. The van der Waals surface area contributed by atoms with E-state index in [4.69, 9.17) is 5.84 Å². The van der Waals surface area contributed by atoms with Crippen molar-refractivity contribution in [2.75, 3.05) is 0 Å². The van der Waals surface area contributed by atoms with E-state index in [-0.39, 0.29) is 6.04 Å². The maximum atomic E-state index is 5.59. The van der Waals surface area contributed by atoms with E-state index >= 15 is 0 Å². The Morgan fingerprint density at radius 2 is 2.35 bits per heavy atom. The molecular weight excluding hydrogens is 216 g/mol. The lowest BCUT2D eigenvalue weighted by Crippen LogP contribution is -2.29. The molecule has 6 nitrogen and oxygen atoms in total. The van der Waals surface area contributed by atoms with Crippen LogP contribution in [0.3, 0.4) is 0 Å². The first kappa shape index (κ1) is 11.8. The maximum Gasteiger partial charge on any atom is 0.0930 e. The van der Waals surface area contributed by atoms with Crippen molar-refractivity contribution in [2.24, 2.45) is 12.9 Å². The van der Waals surface area contributed by atoms with Crippen molar-refractivity contribution in [3.63, 3.8) is 0 Å². The summed E-state index contributed by atoms with van der Waals surface area (Å²) in [6.45, 7) is 3.04. The van der Waals surface area contributed by atoms with Gasteiger partial charge >= 0.3 is 0 Å². The molecule has 0 spiro atoms. The molecule has 0 radical (unpaired) electrons. The highest BCUT2D eigenvalue weighted by molar-refractivity contribution is 5.22. The summed E-state index contributed by atoms with van der Waals surface area (Å²) in [7, 11) is 1.89. The molecule has 2 aromatic rings. The van der Waals surface area contributed by atoms with Crippen molar-refractivity contribution < 1.29 is 0 Å². The average Bonchev–Trinajstić information content (AvgIpc) is 2.91. The fourth-order valence-electron chi connectivity index (χ4n) is 1.82. The van der Waals surface area contributed by atoms with Gasteiger partial charge in [-0.05, 0) is 12.5 Å². The van der Waals surface area contributed by atoms with Gasteiger partial charge in [-0.2, -0.15) is 10.2 Å². The van der Waals surface area contributed by atoms with Crippen LogP contribution in [0.2, 0.25) is 0 Å². The number of nitrogens with one attached hydrogen (secondary N) is 1. The van der Waals surface area contributed by atoms with Crippen LogP contribution in [-0.2, 0) is 13.6 Å². The lowest BCUT2D eigenvalue weighted by atomic mass is 10.1. The quantitative estimate of drug-likeness (QED) is 0.586. The smallest absolute Gasteiger partial charge is 0.0930 e. The third-order valence-corrected chi connectivity index (χ3v) is 2.64. The van der Waals surface area contributed by atoms with E-state index in [0.717, 1.165) is 24.2 Å². The van der Waals surface area contributed by atoms with Gasteiger partial charge in [0.2, 0.25) is 0 Å². The average molecular weight is 234 g/mol. The number of aromatic nitrogens is 4. The van der Waals surface area contributed by atoms with Gasteiger partial charge in [-0.1, -0.05) is 6.92 Å². The van der Waals surface area contributed by atoms with Crippen LogP contribution in [-0.4, -0.2) is 19.6 Å². The minimum Gasteiger partial charge on any atom is -0.275 e. The SMILES string of the molecule is CCCn1cc(C(NN)c2ccn(C)n2)cn1. The summed E-state index contributed by atoms with van der Waals surface area (Å²) in [6.07, 6.45) is 6.79. The summed E-state index contributed by atoms with van der Waals surface area (Å²) < 4.78 is 3.68. The van der Waals surface area contributed by atoms with Gasteiger partial charge in [-0.15, -0.1) is 0 Å². The molecule has 6 heteroatoms. The standard InChI is InChI=1S/C11H18N6/c1-3-5-17-8-9(7-13-17)11(14-12)10-4-6-16(2)15-10/h4,6-8,11,14H,3,5,12H2,1-2H3. The first-order valence-electron chi connectivity index (χ1n) is 5.72. The minimum atomic E-state index is -0.109. The Kier molecular flexibility index (Phi) is 3.55. The molecule has 17 heavy (non-hydrogen) atoms. The monoisotopic (exact) mass is 234 g/mol. The second-order valence-electron chi connectivity index (χ2n) is 4.05. The number of nitrogens with zero attached hydrogens (tertiary/aromatic N) is 4. The molecule has 1 unspecified atom stereocenters. The van der Waals surface area contributed by atoms with Crippen LogP contribution in [0.5, 0.6) is 0 Å². The summed E-state index contributed by atoms with van der Waals surface area (Å²) >= 11 is 0. The Labute approximate surface area is 100 Å². The van der Waals surface area contributed by atoms with Crippen molar-refractivity contribution in [1.29, 1.82) is 0 Å². The number of aryl methyl sites for hydroxylation is 2. The minimum absolute atomic E-state index is 0.109. The Morgan fingerprint density at radius 1 is 1.53 bits per heavy atom. The van der Waals surface area contributed by atoms with E-state index < -0.39 is 0 Å². The fraction of sp³-hybridized carbons (Fsp3) is 0.455. The van der Waals surface area contributed by atoms with Gasteiger partial charge in [0.15, 0.2) is 0 Å². The number of rotatable bonds is 5. The van der Waals surface area contributed by atoms with Crippen molar-refractivity contribution in [3.8, 4) is 0 Å². The summed E-state index contributed by atoms with van der Waals surface area (Å²) in [6, 6.07) is 1.84.